The van der Waals surface area contributed by atoms with Crippen molar-refractivity contribution in [1.82, 2.24) is 0 Å². The van der Waals surface area contributed by atoms with Crippen molar-refractivity contribution in [3.63, 3.8) is 0 Å². The second-order valence-corrected chi connectivity index (χ2v) is 19.0. The molecular formula is C55H62O11P2. The first-order valence-electron chi connectivity index (χ1n) is 23.8. The summed E-state index contributed by atoms with van der Waals surface area (Å²) in [7, 11) is 2.26. The van der Waals surface area contributed by atoms with Crippen molar-refractivity contribution in [2.24, 2.45) is 0 Å². The van der Waals surface area contributed by atoms with Crippen molar-refractivity contribution >= 4 is 55.5 Å². The number of hydrogen-bond acceptors (Lipinski definition) is 11. The van der Waals surface area contributed by atoms with Gasteiger partial charge in [-0.15, -0.1) is 0 Å². The molecular weight excluding hydrogens is 899 g/mol. The normalized spacial score (nSPS) is 13.2. The molecule has 0 aliphatic carbocycles. The summed E-state index contributed by atoms with van der Waals surface area (Å²) in [5.41, 5.74) is 6.76. The lowest BCUT2D eigenvalue weighted by molar-refractivity contribution is 0.0697. The minimum absolute atomic E-state index is 0.345. The van der Waals surface area contributed by atoms with E-state index in [0.29, 0.717) is 69.4 Å². The fraction of sp³-hybridized carbons (Fsp3) is 0.364. The highest BCUT2D eigenvalue weighted by Crippen LogP contribution is 2.54. The fourth-order valence-corrected chi connectivity index (χ4v) is 10.8. The van der Waals surface area contributed by atoms with Gasteiger partial charge in [0.05, 0.1) is 28.4 Å². The lowest BCUT2D eigenvalue weighted by Crippen LogP contribution is -2.15. The van der Waals surface area contributed by atoms with Crippen LogP contribution in [0, 0.1) is 0 Å². The van der Waals surface area contributed by atoms with Crippen molar-refractivity contribution in [3.8, 4) is 51.4 Å². The molecule has 1 unspecified atom stereocenters. The Balaban J connectivity index is 1.38. The van der Waals surface area contributed by atoms with Crippen LogP contribution in [-0.2, 0) is 30.2 Å². The summed E-state index contributed by atoms with van der Waals surface area (Å²) in [4.78, 5) is 13.7. The summed E-state index contributed by atoms with van der Waals surface area (Å²) in [6.07, 6.45) is 10.3. The van der Waals surface area contributed by atoms with E-state index < -0.39 is 22.8 Å². The van der Waals surface area contributed by atoms with Crippen molar-refractivity contribution in [2.45, 2.75) is 105 Å². The Bertz CT molecular complexity index is 2880. The average Bonchev–Trinajstić information content (AvgIpc) is 3.52. The topological polar surface area (TPSA) is 117 Å². The van der Waals surface area contributed by atoms with Crippen LogP contribution >= 0.6 is 16.8 Å². The molecule has 0 amide bonds. The molecule has 68 heavy (non-hydrogen) atoms. The molecule has 1 aliphatic heterocycles. The molecule has 7 aromatic rings. The maximum absolute atomic E-state index is 13.7. The molecule has 0 saturated carbocycles. The van der Waals surface area contributed by atoms with Gasteiger partial charge >= 0.3 is 22.8 Å². The number of carbonyl (C=O) groups excluding carboxylic acids is 1. The Morgan fingerprint density at radius 2 is 0.897 bits per heavy atom. The van der Waals surface area contributed by atoms with Crippen LogP contribution in [0.2, 0.25) is 0 Å². The number of hydrogen-bond donors (Lipinski definition) is 0. The van der Waals surface area contributed by atoms with Crippen molar-refractivity contribution < 1.29 is 50.2 Å². The lowest BCUT2D eigenvalue weighted by Gasteiger charge is -2.26. The lowest BCUT2D eigenvalue weighted by atomic mass is 9.94. The largest absolute Gasteiger partial charge is 0.532 e. The molecule has 1 aromatic heterocycles. The summed E-state index contributed by atoms with van der Waals surface area (Å²) in [6.45, 7) is 8.67. The third kappa shape index (κ3) is 10.5. The SMILES string of the molecule is CCCCc1cc(OC)cc(-c2cc(OC)cc(CCCC)c2Op2oc3c(CCCC)cc(OC)cc3c3cc(OC)cc(CCCC)c3o2)c1OP1OC(=O)c2cc3ccccc3cc2O1. The first kappa shape index (κ1) is 48.4. The van der Waals surface area contributed by atoms with Gasteiger partial charge in [-0.05, 0) is 145 Å². The van der Waals surface area contributed by atoms with Crippen molar-refractivity contribution in [3.05, 3.63) is 113 Å². The molecule has 6 aromatic carbocycles. The molecule has 0 bridgehead atoms. The van der Waals surface area contributed by atoms with Gasteiger partial charge in [-0.25, -0.2) is 4.79 Å². The number of carbonyl (C=O) groups is 1. The number of unbranched alkanes of at least 4 members (excludes halogenated alkanes) is 4. The van der Waals surface area contributed by atoms with E-state index in [1.54, 1.807) is 34.5 Å². The highest BCUT2D eigenvalue weighted by atomic mass is 31.2. The van der Waals surface area contributed by atoms with Crippen LogP contribution in [0.25, 0.3) is 43.8 Å². The van der Waals surface area contributed by atoms with Gasteiger partial charge in [0.15, 0.2) is 0 Å². The minimum atomic E-state index is -2.25. The van der Waals surface area contributed by atoms with Gasteiger partial charge < -0.3 is 45.4 Å². The summed E-state index contributed by atoms with van der Waals surface area (Å²) < 4.78 is 64.7. The van der Waals surface area contributed by atoms with Gasteiger partial charge in [0.1, 0.15) is 57.0 Å². The van der Waals surface area contributed by atoms with E-state index in [9.17, 15) is 4.79 Å². The minimum Gasteiger partial charge on any atom is -0.497 e. The highest BCUT2D eigenvalue weighted by Gasteiger charge is 2.35. The maximum atomic E-state index is 13.7. The Labute approximate surface area is 401 Å². The van der Waals surface area contributed by atoms with E-state index in [1.165, 1.54) is 0 Å². The Kier molecular flexibility index (Phi) is 16.0. The average molecular weight is 961 g/mol. The molecule has 1 atom stereocenters. The molecule has 13 heteroatoms. The van der Waals surface area contributed by atoms with Crippen LogP contribution in [0.15, 0.2) is 93.3 Å². The number of benzene rings is 6. The summed E-state index contributed by atoms with van der Waals surface area (Å²) in [5.74, 6) is 3.62. The zero-order valence-electron chi connectivity index (χ0n) is 40.5. The number of rotatable bonds is 21. The Morgan fingerprint density at radius 3 is 1.37 bits per heavy atom. The van der Waals surface area contributed by atoms with Gasteiger partial charge in [-0.3, -0.25) is 0 Å². The number of ether oxygens (including phenoxy) is 4. The third-order valence-corrected chi connectivity index (χ3v) is 14.3. The van der Waals surface area contributed by atoms with Crippen molar-refractivity contribution in [2.75, 3.05) is 28.4 Å². The van der Waals surface area contributed by atoms with Crippen LogP contribution < -0.4 is 32.5 Å². The van der Waals surface area contributed by atoms with Crippen LogP contribution in [0.1, 0.15) is 112 Å². The maximum Gasteiger partial charge on any atom is 0.532 e. The van der Waals surface area contributed by atoms with Gasteiger partial charge in [-0.2, -0.15) is 0 Å². The predicted octanol–water partition coefficient (Wildman–Crippen LogP) is 16.2. The molecule has 0 saturated heterocycles. The first-order valence-corrected chi connectivity index (χ1v) is 26.0. The summed E-state index contributed by atoms with van der Waals surface area (Å²) in [5, 5.41) is 3.54. The molecule has 1 aliphatic rings. The fourth-order valence-electron chi connectivity index (χ4n) is 8.62. The second kappa shape index (κ2) is 22.4. The van der Waals surface area contributed by atoms with Crippen LogP contribution in [0.3, 0.4) is 0 Å². The predicted molar refractivity (Wildman–Crippen MR) is 272 cm³/mol. The van der Waals surface area contributed by atoms with E-state index in [4.69, 9.17) is 45.4 Å². The third-order valence-electron chi connectivity index (χ3n) is 12.3. The van der Waals surface area contributed by atoms with Crippen LogP contribution in [0.5, 0.6) is 40.2 Å². The number of fused-ring (bicyclic) bond motifs is 5. The van der Waals surface area contributed by atoms with Gasteiger partial charge in [0.25, 0.3) is 0 Å². The molecule has 0 N–H and O–H groups in total. The Morgan fingerprint density at radius 1 is 0.471 bits per heavy atom. The standard InChI is InChI=1S/C55H62O11P2/c1-9-13-19-37-25-41(57-5)31-45(51(37)62-67-61-50-30-36-24-18-17-23-35(36)29-49(50)55(56)66-67)46-32-42(58-6)26-38(20-14-10-2)52(46)63-68-64-53-39(21-15-11-3)27-43(59-7)33-47(53)48-34-44(60-8)28-40(22-16-12-4)54(48)65-68/h17-18,23-34H,9-16,19-22H2,1-8H3. The van der Waals surface area contributed by atoms with E-state index >= 15 is 0 Å². The van der Waals surface area contributed by atoms with E-state index in [2.05, 4.69) is 39.8 Å². The molecule has 0 spiro atoms. The summed E-state index contributed by atoms with van der Waals surface area (Å²) in [6, 6.07) is 27.5. The second-order valence-electron chi connectivity index (χ2n) is 17.0. The Hall–Kier alpha value is -6.02. The van der Waals surface area contributed by atoms with Gasteiger partial charge in [0, 0.05) is 21.9 Å². The zero-order valence-corrected chi connectivity index (χ0v) is 42.2. The number of aryl methyl sites for hydroxylation is 4. The molecule has 2 heterocycles. The van der Waals surface area contributed by atoms with Crippen LogP contribution in [-0.4, -0.2) is 34.4 Å². The van der Waals surface area contributed by atoms with Crippen molar-refractivity contribution in [1.29, 1.82) is 0 Å². The highest BCUT2D eigenvalue weighted by molar-refractivity contribution is 7.43. The smallest absolute Gasteiger partial charge is 0.497 e. The molecule has 0 fully saturated rings. The van der Waals surface area contributed by atoms with Crippen LogP contribution in [0.4, 0.5) is 0 Å². The molecule has 8 rings (SSSR count). The molecule has 358 valence electrons. The van der Waals surface area contributed by atoms with E-state index in [1.807, 2.05) is 66.7 Å². The first-order chi connectivity index (χ1) is 33.2. The van der Waals surface area contributed by atoms with E-state index in [-0.39, 0.29) is 0 Å². The quantitative estimate of drug-likeness (QED) is 0.0641. The molecule has 11 nitrogen and oxygen atoms in total. The van der Waals surface area contributed by atoms with Gasteiger partial charge in [0.2, 0.25) is 0 Å². The van der Waals surface area contributed by atoms with E-state index in [0.717, 1.165) is 120 Å². The number of methoxy groups -OCH3 is 4. The zero-order chi connectivity index (χ0) is 47.7. The summed E-state index contributed by atoms with van der Waals surface area (Å²) >= 11 is 0. The molecule has 0 radical (unpaired) electrons. The monoisotopic (exact) mass is 960 g/mol. The van der Waals surface area contributed by atoms with Gasteiger partial charge in [-0.1, -0.05) is 77.6 Å².